The molecule has 1 aliphatic rings. The molecule has 0 N–H and O–H groups in total. The molecule has 1 fully saturated rings. The molecule has 3 nitrogen and oxygen atoms in total. The van der Waals surface area contributed by atoms with E-state index in [0.29, 0.717) is 18.6 Å². The van der Waals surface area contributed by atoms with Crippen molar-refractivity contribution < 1.29 is 9.47 Å². The maximum atomic E-state index is 6.07. The average Bonchev–Trinajstić information content (AvgIpc) is 2.18. The smallest absolute Gasteiger partial charge is 0.0700 e. The highest BCUT2D eigenvalue weighted by atomic mass is 35.5. The molecule has 0 aromatic rings. The van der Waals surface area contributed by atoms with Gasteiger partial charge in [-0.1, -0.05) is 0 Å². The third-order valence-electron chi connectivity index (χ3n) is 2.43. The lowest BCUT2D eigenvalue weighted by Crippen LogP contribution is -2.38. The molecular weight excluding hydrogens is 202 g/mol. The van der Waals surface area contributed by atoms with Gasteiger partial charge in [-0.2, -0.15) is 0 Å². The molecule has 0 saturated carbocycles. The van der Waals surface area contributed by atoms with Crippen LogP contribution in [-0.2, 0) is 9.47 Å². The monoisotopic (exact) mass is 221 g/mol. The van der Waals surface area contributed by atoms with Gasteiger partial charge in [0.15, 0.2) is 0 Å². The van der Waals surface area contributed by atoms with Gasteiger partial charge in [0.1, 0.15) is 0 Å². The predicted octanol–water partition coefficient (Wildman–Crippen LogP) is 1.35. The summed E-state index contributed by atoms with van der Waals surface area (Å²) in [6.07, 6.45) is 2.37. The number of rotatable bonds is 6. The zero-order valence-electron chi connectivity index (χ0n) is 8.88. The van der Waals surface area contributed by atoms with Crippen molar-refractivity contribution in [1.29, 1.82) is 0 Å². The SMILES string of the molecule is COCCOCCN1CCCC(Cl)C1. The van der Waals surface area contributed by atoms with E-state index in [1.807, 2.05) is 0 Å². The fourth-order valence-electron chi connectivity index (χ4n) is 1.64. The Morgan fingerprint density at radius 1 is 1.36 bits per heavy atom. The zero-order valence-corrected chi connectivity index (χ0v) is 9.63. The summed E-state index contributed by atoms with van der Waals surface area (Å²) in [4.78, 5) is 2.37. The topological polar surface area (TPSA) is 21.7 Å². The largest absolute Gasteiger partial charge is 0.382 e. The fraction of sp³-hybridized carbons (Fsp3) is 1.00. The van der Waals surface area contributed by atoms with Gasteiger partial charge in [0.25, 0.3) is 0 Å². The van der Waals surface area contributed by atoms with E-state index in [0.717, 1.165) is 32.7 Å². The minimum absolute atomic E-state index is 0.336. The second kappa shape index (κ2) is 7.46. The molecule has 1 unspecified atom stereocenters. The van der Waals surface area contributed by atoms with Crippen molar-refractivity contribution in [2.45, 2.75) is 18.2 Å². The second-order valence-electron chi connectivity index (χ2n) is 3.65. The Balaban J connectivity index is 1.95. The molecule has 1 saturated heterocycles. The van der Waals surface area contributed by atoms with Crippen LogP contribution >= 0.6 is 11.6 Å². The maximum absolute atomic E-state index is 6.07. The predicted molar refractivity (Wildman–Crippen MR) is 58.0 cm³/mol. The van der Waals surface area contributed by atoms with Crippen molar-refractivity contribution in [3.8, 4) is 0 Å². The summed E-state index contributed by atoms with van der Waals surface area (Å²) in [5, 5.41) is 0.336. The lowest BCUT2D eigenvalue weighted by Gasteiger charge is -2.29. The van der Waals surface area contributed by atoms with E-state index in [4.69, 9.17) is 21.1 Å². The van der Waals surface area contributed by atoms with E-state index in [-0.39, 0.29) is 0 Å². The van der Waals surface area contributed by atoms with Crippen LogP contribution in [0.1, 0.15) is 12.8 Å². The van der Waals surface area contributed by atoms with Crippen molar-refractivity contribution in [3.63, 3.8) is 0 Å². The van der Waals surface area contributed by atoms with Gasteiger partial charge in [-0.25, -0.2) is 0 Å². The Hall–Kier alpha value is 0.170. The van der Waals surface area contributed by atoms with Crippen molar-refractivity contribution in [2.75, 3.05) is 46.6 Å². The van der Waals surface area contributed by atoms with Crippen LogP contribution < -0.4 is 0 Å². The molecule has 14 heavy (non-hydrogen) atoms. The molecule has 84 valence electrons. The summed E-state index contributed by atoms with van der Waals surface area (Å²) >= 11 is 6.07. The highest BCUT2D eigenvalue weighted by Crippen LogP contribution is 2.14. The zero-order chi connectivity index (χ0) is 10.2. The van der Waals surface area contributed by atoms with Gasteiger partial charge >= 0.3 is 0 Å². The number of methoxy groups -OCH3 is 1. The number of piperidine rings is 1. The van der Waals surface area contributed by atoms with Crippen molar-refractivity contribution in [2.24, 2.45) is 0 Å². The molecule has 0 aromatic carbocycles. The fourth-order valence-corrected chi connectivity index (χ4v) is 1.99. The van der Waals surface area contributed by atoms with Crippen LogP contribution in [0.3, 0.4) is 0 Å². The molecule has 0 aliphatic carbocycles. The summed E-state index contributed by atoms with van der Waals surface area (Å²) in [5.74, 6) is 0. The van der Waals surface area contributed by atoms with Crippen molar-refractivity contribution >= 4 is 11.6 Å². The van der Waals surface area contributed by atoms with Crippen LogP contribution in [0, 0.1) is 0 Å². The molecule has 1 aliphatic heterocycles. The quantitative estimate of drug-likeness (QED) is 0.499. The number of hydrogen-bond donors (Lipinski definition) is 0. The molecule has 0 amide bonds. The molecule has 0 aromatic heterocycles. The Bertz CT molecular complexity index is 146. The summed E-state index contributed by atoms with van der Waals surface area (Å²) in [6, 6.07) is 0. The first-order chi connectivity index (χ1) is 6.83. The van der Waals surface area contributed by atoms with Crippen LogP contribution in [0.5, 0.6) is 0 Å². The molecule has 1 rings (SSSR count). The number of alkyl halides is 1. The van der Waals surface area contributed by atoms with E-state index in [2.05, 4.69) is 4.90 Å². The number of likely N-dealkylation sites (tertiary alicyclic amines) is 1. The van der Waals surface area contributed by atoms with E-state index < -0.39 is 0 Å². The van der Waals surface area contributed by atoms with Crippen LogP contribution in [0.2, 0.25) is 0 Å². The normalized spacial score (nSPS) is 24.0. The van der Waals surface area contributed by atoms with E-state index in [1.165, 1.54) is 6.42 Å². The minimum Gasteiger partial charge on any atom is -0.382 e. The molecular formula is C10H20ClNO2. The standard InChI is InChI=1S/C10H20ClNO2/c1-13-7-8-14-6-5-12-4-2-3-10(11)9-12/h10H,2-9H2,1H3. The lowest BCUT2D eigenvalue weighted by atomic mass is 10.1. The third-order valence-corrected chi connectivity index (χ3v) is 2.79. The molecule has 1 atom stereocenters. The Kier molecular flexibility index (Phi) is 6.52. The first kappa shape index (κ1) is 12.2. The Labute approximate surface area is 91.3 Å². The van der Waals surface area contributed by atoms with Gasteiger partial charge in [0, 0.05) is 25.6 Å². The third kappa shape index (κ3) is 5.15. The number of nitrogens with zero attached hydrogens (tertiary/aromatic N) is 1. The molecule has 0 bridgehead atoms. The second-order valence-corrected chi connectivity index (χ2v) is 4.26. The maximum Gasteiger partial charge on any atom is 0.0700 e. The van der Waals surface area contributed by atoms with Crippen molar-refractivity contribution in [3.05, 3.63) is 0 Å². The van der Waals surface area contributed by atoms with Gasteiger partial charge in [-0.15, -0.1) is 11.6 Å². The first-order valence-electron chi connectivity index (χ1n) is 5.26. The van der Waals surface area contributed by atoms with E-state index in [1.54, 1.807) is 7.11 Å². The summed E-state index contributed by atoms with van der Waals surface area (Å²) < 4.78 is 10.3. The Morgan fingerprint density at radius 2 is 2.21 bits per heavy atom. The number of halogens is 1. The molecule has 4 heteroatoms. The average molecular weight is 222 g/mol. The molecule has 0 spiro atoms. The number of hydrogen-bond acceptors (Lipinski definition) is 3. The lowest BCUT2D eigenvalue weighted by molar-refractivity contribution is 0.0545. The van der Waals surface area contributed by atoms with Gasteiger partial charge in [0.2, 0.25) is 0 Å². The summed E-state index contributed by atoms with van der Waals surface area (Å²) in [7, 11) is 1.69. The Morgan fingerprint density at radius 3 is 2.93 bits per heavy atom. The van der Waals surface area contributed by atoms with Crippen molar-refractivity contribution in [1.82, 2.24) is 4.90 Å². The highest BCUT2D eigenvalue weighted by Gasteiger charge is 2.16. The number of ether oxygens (including phenoxy) is 2. The van der Waals surface area contributed by atoms with Gasteiger partial charge in [-0.05, 0) is 19.4 Å². The molecule has 0 radical (unpaired) electrons. The summed E-state index contributed by atoms with van der Waals surface area (Å²) in [5.41, 5.74) is 0. The molecule has 1 heterocycles. The van der Waals surface area contributed by atoms with Gasteiger partial charge in [0.05, 0.1) is 19.8 Å². The first-order valence-corrected chi connectivity index (χ1v) is 5.69. The summed E-state index contributed by atoms with van der Waals surface area (Å²) in [6.45, 7) is 5.32. The van der Waals surface area contributed by atoms with Crippen LogP contribution in [0.25, 0.3) is 0 Å². The minimum atomic E-state index is 0.336. The highest BCUT2D eigenvalue weighted by molar-refractivity contribution is 6.20. The van der Waals surface area contributed by atoms with Gasteiger partial charge < -0.3 is 9.47 Å². The van der Waals surface area contributed by atoms with E-state index in [9.17, 15) is 0 Å². The van der Waals surface area contributed by atoms with Crippen LogP contribution in [-0.4, -0.2) is 56.8 Å². The van der Waals surface area contributed by atoms with Crippen LogP contribution in [0.4, 0.5) is 0 Å². The van der Waals surface area contributed by atoms with Crippen LogP contribution in [0.15, 0.2) is 0 Å². The van der Waals surface area contributed by atoms with Gasteiger partial charge in [-0.3, -0.25) is 4.90 Å². The van der Waals surface area contributed by atoms with E-state index >= 15 is 0 Å².